The first-order valence-electron chi connectivity index (χ1n) is 7.83. The second kappa shape index (κ2) is 6.92. The lowest BCUT2D eigenvalue weighted by atomic mass is 10.1. The summed E-state index contributed by atoms with van der Waals surface area (Å²) in [6.07, 6.45) is 3.99. The molecule has 0 saturated heterocycles. The summed E-state index contributed by atoms with van der Waals surface area (Å²) >= 11 is 0. The highest BCUT2D eigenvalue weighted by Gasteiger charge is 2.25. The predicted octanol–water partition coefficient (Wildman–Crippen LogP) is 0.267. The number of nitrogens with zero attached hydrogens (tertiary/aromatic N) is 1. The molecule has 0 bridgehead atoms. The van der Waals surface area contributed by atoms with Crippen molar-refractivity contribution < 1.29 is 14.5 Å². The van der Waals surface area contributed by atoms with Gasteiger partial charge in [0.1, 0.15) is 6.54 Å². The molecule has 0 spiro atoms. The number of rotatable bonds is 8. The molecular weight excluding hydrogens is 278 g/mol. The molecule has 0 radical (unpaired) electrons. The van der Waals surface area contributed by atoms with Gasteiger partial charge in [-0.15, -0.1) is 6.58 Å². The van der Waals surface area contributed by atoms with Crippen LogP contribution in [0, 0.1) is 13.8 Å². The Labute approximate surface area is 132 Å². The van der Waals surface area contributed by atoms with E-state index in [1.165, 1.54) is 0 Å². The number of quaternary nitrogens is 1. The zero-order valence-electron chi connectivity index (χ0n) is 13.7. The van der Waals surface area contributed by atoms with Crippen LogP contribution in [-0.2, 0) is 11.3 Å². The molecule has 22 heavy (non-hydrogen) atoms. The summed E-state index contributed by atoms with van der Waals surface area (Å²) in [6, 6.07) is 2.30. The minimum atomic E-state index is 0.0323. The van der Waals surface area contributed by atoms with Crippen LogP contribution in [0.25, 0.3) is 0 Å². The van der Waals surface area contributed by atoms with Crippen LogP contribution >= 0.6 is 0 Å². The molecule has 2 N–H and O–H groups in total. The third-order valence-corrected chi connectivity index (χ3v) is 4.05. The van der Waals surface area contributed by atoms with E-state index in [1.807, 2.05) is 33.0 Å². The highest BCUT2D eigenvalue weighted by Crippen LogP contribution is 2.18. The minimum absolute atomic E-state index is 0.0323. The van der Waals surface area contributed by atoms with Gasteiger partial charge < -0.3 is 14.8 Å². The van der Waals surface area contributed by atoms with Gasteiger partial charge in [-0.25, -0.2) is 0 Å². The lowest BCUT2D eigenvalue weighted by molar-refractivity contribution is -0.862. The van der Waals surface area contributed by atoms with Crippen LogP contribution in [0.2, 0.25) is 0 Å². The first-order valence-corrected chi connectivity index (χ1v) is 7.83. The molecule has 1 aromatic heterocycles. The van der Waals surface area contributed by atoms with E-state index in [4.69, 9.17) is 0 Å². The normalized spacial score (nSPS) is 15.4. The largest absolute Gasteiger partial charge is 0.348 e. The van der Waals surface area contributed by atoms with Gasteiger partial charge in [-0.1, -0.05) is 6.08 Å². The molecule has 0 aliphatic heterocycles. The summed E-state index contributed by atoms with van der Waals surface area (Å²) in [6.45, 7) is 9.07. The molecule has 0 aromatic carbocycles. The number of aryl methyl sites for hydroxylation is 1. The van der Waals surface area contributed by atoms with Gasteiger partial charge in [-0.2, -0.15) is 0 Å². The molecule has 120 valence electrons. The lowest BCUT2D eigenvalue weighted by Crippen LogP contribution is -3.11. The number of hydrogen-bond acceptors (Lipinski definition) is 2. The number of ketones is 1. The van der Waals surface area contributed by atoms with Gasteiger partial charge in [-0.3, -0.25) is 9.59 Å². The second-order valence-electron chi connectivity index (χ2n) is 6.26. The van der Waals surface area contributed by atoms with Crippen LogP contribution in [0.3, 0.4) is 0 Å². The van der Waals surface area contributed by atoms with Gasteiger partial charge >= 0.3 is 0 Å². The van der Waals surface area contributed by atoms with E-state index in [2.05, 4.69) is 16.5 Å². The van der Waals surface area contributed by atoms with Gasteiger partial charge in [0.25, 0.3) is 5.91 Å². The first kappa shape index (κ1) is 16.5. The van der Waals surface area contributed by atoms with Crippen molar-refractivity contribution >= 4 is 11.7 Å². The van der Waals surface area contributed by atoms with Crippen LogP contribution < -0.4 is 10.2 Å². The van der Waals surface area contributed by atoms with E-state index in [1.54, 1.807) is 0 Å². The van der Waals surface area contributed by atoms with Gasteiger partial charge in [0.05, 0.1) is 7.05 Å². The summed E-state index contributed by atoms with van der Waals surface area (Å²) < 4.78 is 2.08. The highest BCUT2D eigenvalue weighted by atomic mass is 16.2. The molecule has 5 heteroatoms. The summed E-state index contributed by atoms with van der Waals surface area (Å²) in [5.74, 6) is 0.116. The van der Waals surface area contributed by atoms with E-state index in [-0.39, 0.29) is 11.7 Å². The van der Waals surface area contributed by atoms with Gasteiger partial charge in [0.15, 0.2) is 6.54 Å². The van der Waals surface area contributed by atoms with E-state index < -0.39 is 0 Å². The van der Waals surface area contributed by atoms with Crippen molar-refractivity contribution in [1.82, 2.24) is 9.88 Å². The number of aromatic nitrogens is 1. The Morgan fingerprint density at radius 2 is 2.09 bits per heavy atom. The molecular formula is C17H26N3O2+. The van der Waals surface area contributed by atoms with Crippen molar-refractivity contribution in [2.24, 2.45) is 0 Å². The maximum absolute atomic E-state index is 12.5. The van der Waals surface area contributed by atoms with Crippen LogP contribution in [-0.4, -0.2) is 42.4 Å². The quantitative estimate of drug-likeness (QED) is 0.535. The second-order valence-corrected chi connectivity index (χ2v) is 6.26. The molecule has 1 aromatic rings. The Morgan fingerprint density at radius 1 is 1.41 bits per heavy atom. The van der Waals surface area contributed by atoms with Crippen LogP contribution in [0.4, 0.5) is 0 Å². The van der Waals surface area contributed by atoms with Crippen molar-refractivity contribution in [3.05, 3.63) is 35.7 Å². The highest BCUT2D eigenvalue weighted by molar-refractivity contribution is 5.98. The number of nitrogens with one attached hydrogen (secondary N) is 2. The fourth-order valence-electron chi connectivity index (χ4n) is 2.71. The van der Waals surface area contributed by atoms with Gasteiger partial charge in [-0.05, 0) is 32.8 Å². The lowest BCUT2D eigenvalue weighted by Gasteiger charge is -2.13. The van der Waals surface area contributed by atoms with E-state index in [0.717, 1.165) is 34.7 Å². The zero-order chi connectivity index (χ0) is 16.3. The number of carbonyl (C=O) groups is 2. The van der Waals surface area contributed by atoms with Crippen molar-refractivity contribution in [3.63, 3.8) is 0 Å². The molecule has 5 nitrogen and oxygen atoms in total. The fourth-order valence-corrected chi connectivity index (χ4v) is 2.71. The van der Waals surface area contributed by atoms with Crippen molar-refractivity contribution in [3.8, 4) is 0 Å². The molecule has 1 atom stereocenters. The molecule has 1 unspecified atom stereocenters. The Bertz CT molecular complexity index is 585. The van der Waals surface area contributed by atoms with Crippen molar-refractivity contribution in [1.29, 1.82) is 0 Å². The molecule has 2 rings (SSSR count). The Morgan fingerprint density at radius 3 is 2.68 bits per heavy atom. The van der Waals surface area contributed by atoms with Crippen molar-refractivity contribution in [2.45, 2.75) is 39.3 Å². The third kappa shape index (κ3) is 4.07. The Hall–Kier alpha value is -1.88. The standard InChI is InChI=1S/C17H25N3O2/c1-5-8-20-12(2)9-15(13(20)3)16(21)10-19(4)11-17(22)18-14-6-7-14/h5,9,14H,1,6-8,10-11H2,2-4H3,(H,18,22)/p+1. The smallest absolute Gasteiger partial charge is 0.275 e. The molecule has 1 saturated carbocycles. The molecule has 1 heterocycles. The van der Waals surface area contributed by atoms with E-state index in [0.29, 0.717) is 25.7 Å². The van der Waals surface area contributed by atoms with E-state index in [9.17, 15) is 9.59 Å². The number of Topliss-reactive ketones (excluding diaryl/α,β-unsaturated/α-hetero) is 1. The Balaban J connectivity index is 1.94. The van der Waals surface area contributed by atoms with Crippen molar-refractivity contribution in [2.75, 3.05) is 20.1 Å². The predicted molar refractivity (Wildman–Crippen MR) is 86.2 cm³/mol. The van der Waals surface area contributed by atoms with E-state index >= 15 is 0 Å². The van der Waals surface area contributed by atoms with Crippen LogP contribution in [0.5, 0.6) is 0 Å². The fraction of sp³-hybridized carbons (Fsp3) is 0.529. The summed E-state index contributed by atoms with van der Waals surface area (Å²) in [4.78, 5) is 25.2. The third-order valence-electron chi connectivity index (χ3n) is 4.05. The number of hydrogen-bond donors (Lipinski definition) is 2. The molecule has 1 fully saturated rings. The number of likely N-dealkylation sites (N-methyl/N-ethyl adjacent to an activating group) is 1. The minimum Gasteiger partial charge on any atom is -0.348 e. The summed E-state index contributed by atoms with van der Waals surface area (Å²) in [5, 5.41) is 2.95. The van der Waals surface area contributed by atoms with Crippen LogP contribution in [0.15, 0.2) is 18.7 Å². The molecule has 1 amide bonds. The van der Waals surface area contributed by atoms with Gasteiger partial charge in [0, 0.05) is 29.5 Å². The zero-order valence-corrected chi connectivity index (χ0v) is 13.7. The average Bonchev–Trinajstić information content (AvgIpc) is 3.19. The monoisotopic (exact) mass is 304 g/mol. The molecule has 1 aliphatic rings. The average molecular weight is 304 g/mol. The van der Waals surface area contributed by atoms with Gasteiger partial charge in [0.2, 0.25) is 5.78 Å². The number of carbonyl (C=O) groups excluding carboxylic acids is 2. The number of amides is 1. The summed E-state index contributed by atoms with van der Waals surface area (Å²) in [7, 11) is 1.88. The topological polar surface area (TPSA) is 55.5 Å². The van der Waals surface area contributed by atoms with Crippen LogP contribution in [0.1, 0.15) is 34.6 Å². The molecule has 1 aliphatic carbocycles. The Kier molecular flexibility index (Phi) is 5.19. The first-order chi connectivity index (χ1) is 10.4. The SMILES string of the molecule is C=CCn1c(C)cc(C(=O)C[NH+](C)CC(=O)NC2CC2)c1C. The maximum atomic E-state index is 12.5. The number of allylic oxidation sites excluding steroid dienone is 1. The maximum Gasteiger partial charge on any atom is 0.275 e. The summed E-state index contributed by atoms with van der Waals surface area (Å²) in [5.41, 5.74) is 2.78.